The first-order valence-corrected chi connectivity index (χ1v) is 11.3. The molecule has 3 atom stereocenters. The number of ketones is 1. The normalized spacial score (nSPS) is 22.4. The van der Waals surface area contributed by atoms with E-state index in [9.17, 15) is 13.6 Å². The SMILES string of the molecule is CCC(=O)C[C@@H](C)c1ccc(OC2CCN(c3ccc(OC[C@H]4CC4(F)F)cn3)C2)cc1. The van der Waals surface area contributed by atoms with Crippen molar-refractivity contribution in [2.24, 2.45) is 5.92 Å². The summed E-state index contributed by atoms with van der Waals surface area (Å²) in [7, 11) is 0. The van der Waals surface area contributed by atoms with E-state index in [1.54, 1.807) is 12.3 Å². The first-order chi connectivity index (χ1) is 15.3. The predicted molar refractivity (Wildman–Crippen MR) is 119 cm³/mol. The summed E-state index contributed by atoms with van der Waals surface area (Å²) in [4.78, 5) is 18.3. The Kier molecular flexibility index (Phi) is 6.63. The Bertz CT molecular complexity index is 918. The fourth-order valence-electron chi connectivity index (χ4n) is 4.00. The molecule has 1 aromatic heterocycles. The maximum Gasteiger partial charge on any atom is 0.255 e. The summed E-state index contributed by atoms with van der Waals surface area (Å²) in [5.41, 5.74) is 1.14. The van der Waals surface area contributed by atoms with Crippen molar-refractivity contribution in [3.05, 3.63) is 48.2 Å². The standard InChI is InChI=1S/C25H30F2N2O3/c1-3-20(30)12-17(2)18-4-6-21(7-5-18)32-23-10-11-29(15-23)24-9-8-22(14-28-24)31-16-19-13-25(19,26)27/h4-9,14,17,19,23H,3,10-13,15-16H2,1-2H3/t17-,19-,23?/m1/s1. The minimum atomic E-state index is -2.56. The number of Topliss-reactive ketones (excluding diaryl/α,β-unsaturated/α-hetero) is 1. The Morgan fingerprint density at radius 1 is 1.22 bits per heavy atom. The van der Waals surface area contributed by atoms with Gasteiger partial charge >= 0.3 is 0 Å². The van der Waals surface area contributed by atoms with Crippen LogP contribution in [-0.4, -0.2) is 42.5 Å². The number of nitrogens with zero attached hydrogens (tertiary/aromatic N) is 2. The number of hydrogen-bond donors (Lipinski definition) is 0. The van der Waals surface area contributed by atoms with Gasteiger partial charge in [-0.2, -0.15) is 0 Å². The van der Waals surface area contributed by atoms with E-state index in [1.165, 1.54) is 0 Å². The minimum absolute atomic E-state index is 0.0279. The number of alkyl halides is 2. The zero-order valence-corrected chi connectivity index (χ0v) is 18.6. The molecular weight excluding hydrogens is 414 g/mol. The Morgan fingerprint density at radius 3 is 2.56 bits per heavy atom. The lowest BCUT2D eigenvalue weighted by Crippen LogP contribution is -2.25. The zero-order valence-electron chi connectivity index (χ0n) is 18.6. The first kappa shape index (κ1) is 22.5. The number of carbonyl (C=O) groups excluding carboxylic acids is 1. The second kappa shape index (κ2) is 9.43. The number of halogens is 2. The third-order valence-electron chi connectivity index (χ3n) is 6.28. The average Bonchev–Trinajstić information content (AvgIpc) is 3.16. The lowest BCUT2D eigenvalue weighted by molar-refractivity contribution is -0.119. The number of aromatic nitrogens is 1. The summed E-state index contributed by atoms with van der Waals surface area (Å²) < 4.78 is 37.5. The zero-order chi connectivity index (χ0) is 22.7. The van der Waals surface area contributed by atoms with Gasteiger partial charge in [-0.25, -0.2) is 13.8 Å². The summed E-state index contributed by atoms with van der Waals surface area (Å²) in [6, 6.07) is 11.6. The van der Waals surface area contributed by atoms with E-state index < -0.39 is 11.8 Å². The number of benzene rings is 1. The van der Waals surface area contributed by atoms with Crippen LogP contribution in [0.4, 0.5) is 14.6 Å². The topological polar surface area (TPSA) is 51.7 Å². The van der Waals surface area contributed by atoms with E-state index >= 15 is 0 Å². The van der Waals surface area contributed by atoms with Crippen LogP contribution in [0.1, 0.15) is 51.0 Å². The van der Waals surface area contributed by atoms with Gasteiger partial charge in [-0.15, -0.1) is 0 Å². The third-order valence-corrected chi connectivity index (χ3v) is 6.28. The largest absolute Gasteiger partial charge is 0.491 e. The van der Waals surface area contributed by atoms with Gasteiger partial charge in [-0.05, 0) is 35.7 Å². The molecule has 1 aliphatic heterocycles. The molecule has 4 rings (SSSR count). The van der Waals surface area contributed by atoms with Crippen molar-refractivity contribution in [3.63, 3.8) is 0 Å². The van der Waals surface area contributed by atoms with Crippen LogP contribution in [-0.2, 0) is 4.79 Å². The van der Waals surface area contributed by atoms with E-state index in [4.69, 9.17) is 9.47 Å². The number of anilines is 1. The molecule has 7 heteroatoms. The van der Waals surface area contributed by atoms with Gasteiger partial charge in [0, 0.05) is 32.2 Å². The summed E-state index contributed by atoms with van der Waals surface area (Å²) in [6.07, 6.45) is 3.60. The Morgan fingerprint density at radius 2 is 1.94 bits per heavy atom. The van der Waals surface area contributed by atoms with Crippen LogP contribution in [0.3, 0.4) is 0 Å². The molecular formula is C25H30F2N2O3. The number of ether oxygens (including phenoxy) is 2. The van der Waals surface area contributed by atoms with Crippen molar-refractivity contribution in [1.82, 2.24) is 4.98 Å². The van der Waals surface area contributed by atoms with Crippen LogP contribution in [0.5, 0.6) is 11.5 Å². The fraction of sp³-hybridized carbons (Fsp3) is 0.520. The van der Waals surface area contributed by atoms with E-state index in [2.05, 4.69) is 16.8 Å². The number of hydrogen-bond acceptors (Lipinski definition) is 5. The fourth-order valence-corrected chi connectivity index (χ4v) is 4.00. The molecule has 0 spiro atoms. The van der Waals surface area contributed by atoms with E-state index in [1.807, 2.05) is 37.3 Å². The number of rotatable bonds is 10. The first-order valence-electron chi connectivity index (χ1n) is 11.3. The lowest BCUT2D eigenvalue weighted by Gasteiger charge is -2.19. The van der Waals surface area contributed by atoms with Gasteiger partial charge in [0.25, 0.3) is 5.92 Å². The smallest absolute Gasteiger partial charge is 0.255 e. The molecule has 2 fully saturated rings. The minimum Gasteiger partial charge on any atom is -0.491 e. The number of pyridine rings is 1. The molecule has 0 bridgehead atoms. The van der Waals surface area contributed by atoms with E-state index in [0.29, 0.717) is 18.6 Å². The summed E-state index contributed by atoms with van der Waals surface area (Å²) >= 11 is 0. The molecule has 0 radical (unpaired) electrons. The molecule has 1 aliphatic carbocycles. The molecule has 5 nitrogen and oxygen atoms in total. The van der Waals surface area contributed by atoms with Crippen molar-refractivity contribution in [3.8, 4) is 11.5 Å². The Balaban J connectivity index is 1.25. The molecule has 1 aromatic carbocycles. The van der Waals surface area contributed by atoms with Crippen LogP contribution in [0, 0.1) is 5.92 Å². The van der Waals surface area contributed by atoms with Gasteiger partial charge in [0.05, 0.1) is 25.3 Å². The molecule has 0 amide bonds. The summed E-state index contributed by atoms with van der Waals surface area (Å²) in [6.45, 7) is 5.56. The molecule has 2 aliphatic rings. The summed E-state index contributed by atoms with van der Waals surface area (Å²) in [5.74, 6) is -0.593. The van der Waals surface area contributed by atoms with Gasteiger partial charge in [0.1, 0.15) is 29.2 Å². The van der Waals surface area contributed by atoms with Crippen LogP contribution in [0.15, 0.2) is 42.6 Å². The molecule has 32 heavy (non-hydrogen) atoms. The van der Waals surface area contributed by atoms with Gasteiger partial charge < -0.3 is 14.4 Å². The van der Waals surface area contributed by atoms with Crippen molar-refractivity contribution in [2.45, 2.75) is 57.5 Å². The van der Waals surface area contributed by atoms with Gasteiger partial charge in [0.2, 0.25) is 0 Å². The molecule has 1 saturated carbocycles. The molecule has 1 unspecified atom stereocenters. The van der Waals surface area contributed by atoms with Crippen molar-refractivity contribution >= 4 is 11.6 Å². The molecule has 2 aromatic rings. The highest BCUT2D eigenvalue weighted by molar-refractivity contribution is 5.78. The molecule has 0 N–H and O–H groups in total. The van der Waals surface area contributed by atoms with E-state index in [-0.39, 0.29) is 30.8 Å². The highest BCUT2D eigenvalue weighted by Gasteiger charge is 2.57. The van der Waals surface area contributed by atoms with Crippen LogP contribution in [0.25, 0.3) is 0 Å². The lowest BCUT2D eigenvalue weighted by atomic mass is 9.95. The van der Waals surface area contributed by atoms with Crippen LogP contribution in [0.2, 0.25) is 0 Å². The van der Waals surface area contributed by atoms with Gasteiger partial charge in [0.15, 0.2) is 0 Å². The van der Waals surface area contributed by atoms with Gasteiger partial charge in [-0.1, -0.05) is 26.0 Å². The predicted octanol–water partition coefficient (Wildman–Crippen LogP) is 5.25. The van der Waals surface area contributed by atoms with Crippen molar-refractivity contribution in [2.75, 3.05) is 24.6 Å². The number of carbonyl (C=O) groups is 1. The molecule has 2 heterocycles. The Labute approximate surface area is 187 Å². The maximum atomic E-state index is 12.9. The monoisotopic (exact) mass is 444 g/mol. The van der Waals surface area contributed by atoms with E-state index in [0.717, 1.165) is 36.6 Å². The molecule has 172 valence electrons. The average molecular weight is 445 g/mol. The molecule has 1 saturated heterocycles. The highest BCUT2D eigenvalue weighted by Crippen LogP contribution is 2.48. The van der Waals surface area contributed by atoms with Gasteiger partial charge in [-0.3, -0.25) is 4.79 Å². The maximum absolute atomic E-state index is 12.9. The second-order valence-electron chi connectivity index (χ2n) is 8.87. The third kappa shape index (κ3) is 5.56. The highest BCUT2D eigenvalue weighted by atomic mass is 19.3. The van der Waals surface area contributed by atoms with Crippen LogP contribution < -0.4 is 14.4 Å². The van der Waals surface area contributed by atoms with Crippen LogP contribution >= 0.6 is 0 Å². The summed E-state index contributed by atoms with van der Waals surface area (Å²) in [5, 5.41) is 0. The Hall–Kier alpha value is -2.70. The van der Waals surface area contributed by atoms with Crippen molar-refractivity contribution in [1.29, 1.82) is 0 Å². The van der Waals surface area contributed by atoms with Crippen molar-refractivity contribution < 1.29 is 23.0 Å². The quantitative estimate of drug-likeness (QED) is 0.501. The second-order valence-corrected chi connectivity index (χ2v) is 8.87.